The van der Waals surface area contributed by atoms with Crippen LogP contribution in [0, 0.1) is 5.92 Å². The highest BCUT2D eigenvalue weighted by Crippen LogP contribution is 2.27. The molecule has 2 N–H and O–H groups in total. The van der Waals surface area contributed by atoms with Crippen LogP contribution in [-0.4, -0.2) is 52.8 Å². The van der Waals surface area contributed by atoms with Crippen molar-refractivity contribution in [1.29, 1.82) is 0 Å². The van der Waals surface area contributed by atoms with Gasteiger partial charge in [-0.05, 0) is 18.8 Å². The predicted octanol–water partition coefficient (Wildman–Crippen LogP) is 1.93. The van der Waals surface area contributed by atoms with Crippen molar-refractivity contribution in [1.82, 2.24) is 10.2 Å². The lowest BCUT2D eigenvalue weighted by molar-refractivity contribution is 0.0325. The first-order chi connectivity index (χ1) is 8.28. The molecule has 1 rings (SSSR count). The molecular formula is C13H26N2O2S. The molecule has 0 aromatic rings. The van der Waals surface area contributed by atoms with Crippen LogP contribution in [0.4, 0.5) is 4.79 Å². The van der Waals surface area contributed by atoms with Crippen LogP contribution >= 0.6 is 11.8 Å². The van der Waals surface area contributed by atoms with Gasteiger partial charge >= 0.3 is 6.03 Å². The Morgan fingerprint density at radius 2 is 2.06 bits per heavy atom. The summed E-state index contributed by atoms with van der Waals surface area (Å²) in [6.07, 6.45) is 1.52. The van der Waals surface area contributed by atoms with Gasteiger partial charge in [0.05, 0.1) is 6.10 Å². The van der Waals surface area contributed by atoms with Gasteiger partial charge in [-0.1, -0.05) is 20.8 Å². The molecule has 5 heteroatoms. The molecule has 0 aromatic carbocycles. The fourth-order valence-corrected chi connectivity index (χ4v) is 2.79. The Morgan fingerprint density at radius 3 is 2.56 bits per heavy atom. The highest BCUT2D eigenvalue weighted by atomic mass is 32.2. The molecule has 0 radical (unpaired) electrons. The maximum Gasteiger partial charge on any atom is 0.317 e. The summed E-state index contributed by atoms with van der Waals surface area (Å²) in [5, 5.41) is 12.1. The molecule has 18 heavy (non-hydrogen) atoms. The Labute approximate surface area is 115 Å². The zero-order chi connectivity index (χ0) is 13.8. The summed E-state index contributed by atoms with van der Waals surface area (Å²) in [4.78, 5) is 13.5. The number of thioether (sulfide) groups is 1. The van der Waals surface area contributed by atoms with Crippen LogP contribution in [0.25, 0.3) is 0 Å². The minimum atomic E-state index is -0.144. The third-order valence-electron chi connectivity index (χ3n) is 3.00. The quantitative estimate of drug-likeness (QED) is 0.753. The summed E-state index contributed by atoms with van der Waals surface area (Å²) in [6, 6.07) is -0.00843. The van der Waals surface area contributed by atoms with E-state index in [4.69, 9.17) is 0 Å². The van der Waals surface area contributed by atoms with Crippen LogP contribution in [-0.2, 0) is 0 Å². The van der Waals surface area contributed by atoms with Gasteiger partial charge in [-0.3, -0.25) is 0 Å². The second-order valence-electron chi connectivity index (χ2n) is 6.06. The first-order valence-electron chi connectivity index (χ1n) is 6.59. The van der Waals surface area contributed by atoms with E-state index >= 15 is 0 Å². The smallest absolute Gasteiger partial charge is 0.317 e. The summed E-state index contributed by atoms with van der Waals surface area (Å²) >= 11 is 1.85. The fraction of sp³-hybridized carbons (Fsp3) is 0.923. The molecule has 2 amide bonds. The van der Waals surface area contributed by atoms with Crippen molar-refractivity contribution in [2.75, 3.05) is 25.9 Å². The first kappa shape index (κ1) is 15.6. The normalized spacial score (nSPS) is 23.4. The van der Waals surface area contributed by atoms with Gasteiger partial charge in [-0.25, -0.2) is 4.79 Å². The van der Waals surface area contributed by atoms with Crippen molar-refractivity contribution >= 4 is 17.8 Å². The van der Waals surface area contributed by atoms with Gasteiger partial charge in [0.1, 0.15) is 0 Å². The molecule has 0 saturated heterocycles. The van der Waals surface area contributed by atoms with Crippen molar-refractivity contribution in [2.45, 2.75) is 44.5 Å². The minimum Gasteiger partial charge on any atom is -0.393 e. The molecular weight excluding hydrogens is 248 g/mol. The van der Waals surface area contributed by atoms with E-state index < -0.39 is 0 Å². The summed E-state index contributed by atoms with van der Waals surface area (Å²) in [5.74, 6) is 1.41. The molecule has 1 aliphatic rings. The van der Waals surface area contributed by atoms with Crippen LogP contribution in [0.1, 0.15) is 33.6 Å². The largest absolute Gasteiger partial charge is 0.393 e. The standard InChI is InChI=1S/C13H26N2O2S/c1-13(2,3)18-6-5-14-12(17)15(4)9-10-7-11(16)8-10/h10-11,16H,5-9H2,1-4H3,(H,14,17). The second-order valence-corrected chi connectivity index (χ2v) is 7.99. The summed E-state index contributed by atoms with van der Waals surface area (Å²) in [7, 11) is 1.82. The van der Waals surface area contributed by atoms with Gasteiger partial charge in [0.15, 0.2) is 0 Å². The third-order valence-corrected chi connectivity index (χ3v) is 4.28. The number of hydrogen-bond donors (Lipinski definition) is 2. The van der Waals surface area contributed by atoms with Gasteiger partial charge < -0.3 is 15.3 Å². The minimum absolute atomic E-state index is 0.00843. The highest BCUT2D eigenvalue weighted by Gasteiger charge is 2.28. The molecule has 0 aromatic heterocycles. The Kier molecular flexibility index (Phi) is 5.79. The topological polar surface area (TPSA) is 52.6 Å². The summed E-state index contributed by atoms with van der Waals surface area (Å²) in [6.45, 7) is 7.97. The van der Waals surface area contributed by atoms with E-state index in [2.05, 4.69) is 26.1 Å². The van der Waals surface area contributed by atoms with Gasteiger partial charge in [0.25, 0.3) is 0 Å². The molecule has 1 fully saturated rings. The van der Waals surface area contributed by atoms with Crippen LogP contribution in [0.3, 0.4) is 0 Å². The van der Waals surface area contributed by atoms with E-state index in [0.29, 0.717) is 12.5 Å². The van der Waals surface area contributed by atoms with Crippen LogP contribution in [0.15, 0.2) is 0 Å². The maximum atomic E-state index is 11.8. The van der Waals surface area contributed by atoms with E-state index in [1.54, 1.807) is 4.90 Å². The van der Waals surface area contributed by atoms with Gasteiger partial charge in [-0.2, -0.15) is 11.8 Å². The van der Waals surface area contributed by atoms with Crippen molar-refractivity contribution in [3.63, 3.8) is 0 Å². The average Bonchev–Trinajstić information content (AvgIpc) is 2.20. The fourth-order valence-electron chi connectivity index (χ4n) is 1.97. The molecule has 0 unspecified atom stereocenters. The van der Waals surface area contributed by atoms with Crippen molar-refractivity contribution in [3.8, 4) is 0 Å². The lowest BCUT2D eigenvalue weighted by Crippen LogP contribution is -2.44. The second kappa shape index (κ2) is 6.66. The number of urea groups is 1. The van der Waals surface area contributed by atoms with Crippen LogP contribution in [0.2, 0.25) is 0 Å². The molecule has 0 spiro atoms. The zero-order valence-corrected chi connectivity index (χ0v) is 12.7. The lowest BCUT2D eigenvalue weighted by atomic mass is 9.82. The molecule has 106 valence electrons. The number of carbonyl (C=O) groups is 1. The molecule has 1 aliphatic carbocycles. The molecule has 0 heterocycles. The van der Waals surface area contributed by atoms with Crippen LogP contribution in [0.5, 0.6) is 0 Å². The van der Waals surface area contributed by atoms with E-state index in [9.17, 15) is 9.90 Å². The maximum absolute atomic E-state index is 11.8. The Bertz CT molecular complexity index is 273. The van der Waals surface area contributed by atoms with E-state index in [1.165, 1.54) is 0 Å². The Morgan fingerprint density at radius 1 is 1.44 bits per heavy atom. The monoisotopic (exact) mass is 274 g/mol. The van der Waals surface area contributed by atoms with Gasteiger partial charge in [-0.15, -0.1) is 0 Å². The van der Waals surface area contributed by atoms with E-state index in [0.717, 1.165) is 25.1 Å². The van der Waals surface area contributed by atoms with Crippen LogP contribution < -0.4 is 5.32 Å². The van der Waals surface area contributed by atoms with Gasteiger partial charge in [0, 0.05) is 30.6 Å². The number of aliphatic hydroxyl groups excluding tert-OH is 1. The molecule has 0 bridgehead atoms. The third kappa shape index (κ3) is 5.96. The number of carbonyl (C=O) groups excluding carboxylic acids is 1. The highest BCUT2D eigenvalue weighted by molar-refractivity contribution is 8.00. The molecule has 0 atom stereocenters. The van der Waals surface area contributed by atoms with Crippen molar-refractivity contribution in [2.24, 2.45) is 5.92 Å². The van der Waals surface area contributed by atoms with Crippen molar-refractivity contribution < 1.29 is 9.90 Å². The van der Waals surface area contributed by atoms with Gasteiger partial charge in [0.2, 0.25) is 0 Å². The molecule has 0 aliphatic heterocycles. The number of nitrogens with one attached hydrogen (secondary N) is 1. The van der Waals surface area contributed by atoms with E-state index in [1.807, 2.05) is 18.8 Å². The number of nitrogens with zero attached hydrogens (tertiary/aromatic N) is 1. The number of rotatable bonds is 5. The summed E-state index contributed by atoms with van der Waals surface area (Å²) < 4.78 is 0.249. The predicted molar refractivity (Wildman–Crippen MR) is 77.0 cm³/mol. The summed E-state index contributed by atoms with van der Waals surface area (Å²) in [5.41, 5.74) is 0. The molecule has 1 saturated carbocycles. The average molecular weight is 274 g/mol. The number of aliphatic hydroxyl groups is 1. The SMILES string of the molecule is CN(CC1CC(O)C1)C(=O)NCCSC(C)(C)C. The van der Waals surface area contributed by atoms with Crippen molar-refractivity contribution in [3.05, 3.63) is 0 Å². The number of amides is 2. The zero-order valence-electron chi connectivity index (χ0n) is 11.9. The lowest BCUT2D eigenvalue weighted by Gasteiger charge is -2.34. The Balaban J connectivity index is 2.08. The first-order valence-corrected chi connectivity index (χ1v) is 7.57. The molecule has 4 nitrogen and oxygen atoms in total. The Hall–Kier alpha value is -0.420. The number of hydrogen-bond acceptors (Lipinski definition) is 3. The van der Waals surface area contributed by atoms with E-state index in [-0.39, 0.29) is 16.9 Å².